The van der Waals surface area contributed by atoms with E-state index in [9.17, 15) is 9.59 Å². The maximum atomic E-state index is 12.1. The van der Waals surface area contributed by atoms with E-state index in [1.807, 2.05) is 18.2 Å². The van der Waals surface area contributed by atoms with E-state index in [1.54, 1.807) is 12.1 Å². The summed E-state index contributed by atoms with van der Waals surface area (Å²) in [4.78, 5) is 27.2. The van der Waals surface area contributed by atoms with Gasteiger partial charge in [0.05, 0.1) is 23.7 Å². The Kier molecular flexibility index (Phi) is 5.72. The second-order valence-electron chi connectivity index (χ2n) is 7.78. The van der Waals surface area contributed by atoms with Crippen LogP contribution in [0.3, 0.4) is 0 Å². The molecule has 0 radical (unpaired) electrons. The SMILES string of the molecule is O=C(O)[C@H]1C[C@H]1C(=O)Nc1ccc(Oc2ccc(Cl)cc2C2CCCCC2)nc1. The van der Waals surface area contributed by atoms with Gasteiger partial charge in [0, 0.05) is 11.1 Å². The summed E-state index contributed by atoms with van der Waals surface area (Å²) in [5.41, 5.74) is 1.63. The van der Waals surface area contributed by atoms with Crippen LogP contribution in [-0.2, 0) is 9.59 Å². The predicted octanol–water partition coefficient (Wildman–Crippen LogP) is 5.23. The Bertz CT molecular complexity index is 910. The van der Waals surface area contributed by atoms with E-state index in [1.165, 1.54) is 25.5 Å². The number of anilines is 1. The van der Waals surface area contributed by atoms with E-state index in [2.05, 4.69) is 10.3 Å². The van der Waals surface area contributed by atoms with E-state index >= 15 is 0 Å². The summed E-state index contributed by atoms with van der Waals surface area (Å²) in [5, 5.41) is 12.3. The van der Waals surface area contributed by atoms with E-state index < -0.39 is 17.8 Å². The molecule has 2 aliphatic carbocycles. The summed E-state index contributed by atoms with van der Waals surface area (Å²) in [6.07, 6.45) is 7.87. The molecule has 0 saturated heterocycles. The van der Waals surface area contributed by atoms with Crippen molar-refractivity contribution in [2.75, 3.05) is 5.32 Å². The van der Waals surface area contributed by atoms with Crippen LogP contribution < -0.4 is 10.1 Å². The second kappa shape index (κ2) is 8.41. The molecular formula is C22H23ClN2O4. The monoisotopic (exact) mass is 414 g/mol. The summed E-state index contributed by atoms with van der Waals surface area (Å²) < 4.78 is 6.03. The Morgan fingerprint density at radius 2 is 1.90 bits per heavy atom. The number of hydrogen-bond donors (Lipinski definition) is 2. The number of carbonyl (C=O) groups is 2. The molecule has 1 aromatic carbocycles. The molecule has 2 aliphatic rings. The van der Waals surface area contributed by atoms with E-state index in [0.29, 0.717) is 28.9 Å². The molecular weight excluding hydrogens is 392 g/mol. The van der Waals surface area contributed by atoms with Gasteiger partial charge in [0.2, 0.25) is 11.8 Å². The minimum atomic E-state index is -0.927. The van der Waals surface area contributed by atoms with Crippen molar-refractivity contribution in [3.8, 4) is 11.6 Å². The van der Waals surface area contributed by atoms with Crippen LogP contribution in [-0.4, -0.2) is 22.0 Å². The van der Waals surface area contributed by atoms with E-state index in [-0.39, 0.29) is 5.91 Å². The van der Waals surface area contributed by atoms with Gasteiger partial charge >= 0.3 is 5.97 Å². The molecule has 2 atom stereocenters. The molecule has 0 aliphatic heterocycles. The van der Waals surface area contributed by atoms with Crippen LogP contribution in [0.25, 0.3) is 0 Å². The standard InChI is InChI=1S/C22H23ClN2O4/c23-14-6-8-19(16(10-14)13-4-2-1-3-5-13)29-20-9-7-15(12-24-20)25-21(26)17-11-18(17)22(27)28/h6-10,12-13,17-18H,1-5,11H2,(H,25,26)(H,27,28)/t17-,18+/m1/s1. The zero-order valence-corrected chi connectivity index (χ0v) is 16.7. The molecule has 1 aromatic heterocycles. The first kappa shape index (κ1) is 19.7. The predicted molar refractivity (Wildman–Crippen MR) is 109 cm³/mol. The fraction of sp³-hybridized carbons (Fsp3) is 0.409. The first-order valence-corrected chi connectivity index (χ1v) is 10.4. The van der Waals surface area contributed by atoms with Crippen molar-refractivity contribution in [1.82, 2.24) is 4.98 Å². The molecule has 6 nitrogen and oxygen atoms in total. The summed E-state index contributed by atoms with van der Waals surface area (Å²) in [5.74, 6) is -0.625. The third-order valence-electron chi connectivity index (χ3n) is 5.68. The van der Waals surface area contributed by atoms with Crippen molar-refractivity contribution in [1.29, 1.82) is 0 Å². The normalized spacial score (nSPS) is 21.4. The molecule has 0 unspecified atom stereocenters. The highest BCUT2D eigenvalue weighted by molar-refractivity contribution is 6.30. The number of aromatic nitrogens is 1. The number of carboxylic acid groups (broad SMARTS) is 1. The summed E-state index contributed by atoms with van der Waals surface area (Å²) in [6, 6.07) is 9.07. The lowest BCUT2D eigenvalue weighted by atomic mass is 9.84. The summed E-state index contributed by atoms with van der Waals surface area (Å²) in [7, 11) is 0. The Morgan fingerprint density at radius 3 is 2.55 bits per heavy atom. The van der Waals surface area contributed by atoms with Gasteiger partial charge in [-0.15, -0.1) is 0 Å². The van der Waals surface area contributed by atoms with E-state index in [4.69, 9.17) is 21.4 Å². The van der Waals surface area contributed by atoms with E-state index in [0.717, 1.165) is 24.2 Å². The third kappa shape index (κ3) is 4.70. The number of aliphatic carboxylic acids is 1. The van der Waals surface area contributed by atoms with Gasteiger partial charge in [-0.1, -0.05) is 30.9 Å². The summed E-state index contributed by atoms with van der Waals surface area (Å²) >= 11 is 6.22. The zero-order valence-electron chi connectivity index (χ0n) is 15.9. The van der Waals surface area contributed by atoms with Gasteiger partial charge in [-0.05, 0) is 55.0 Å². The Hall–Kier alpha value is -2.60. The van der Waals surface area contributed by atoms with Gasteiger partial charge in [-0.2, -0.15) is 0 Å². The molecule has 2 aromatic rings. The van der Waals surface area contributed by atoms with Gasteiger partial charge in [-0.3, -0.25) is 9.59 Å². The number of benzene rings is 1. The highest BCUT2D eigenvalue weighted by Gasteiger charge is 2.48. The molecule has 2 fully saturated rings. The van der Waals surface area contributed by atoms with Crippen LogP contribution in [0.1, 0.15) is 50.0 Å². The third-order valence-corrected chi connectivity index (χ3v) is 5.91. The maximum Gasteiger partial charge on any atom is 0.307 e. The van der Waals surface area contributed by atoms with Gasteiger partial charge < -0.3 is 15.2 Å². The largest absolute Gasteiger partial charge is 0.481 e. The van der Waals surface area contributed by atoms with Crippen molar-refractivity contribution in [3.05, 3.63) is 47.1 Å². The Morgan fingerprint density at radius 1 is 1.10 bits per heavy atom. The lowest BCUT2D eigenvalue weighted by molar-refractivity contribution is -0.139. The highest BCUT2D eigenvalue weighted by Crippen LogP contribution is 2.41. The molecule has 29 heavy (non-hydrogen) atoms. The quantitative estimate of drug-likeness (QED) is 0.675. The molecule has 1 heterocycles. The first-order valence-electron chi connectivity index (χ1n) is 9.98. The number of halogens is 1. The first-order chi connectivity index (χ1) is 14.0. The summed E-state index contributed by atoms with van der Waals surface area (Å²) in [6.45, 7) is 0. The fourth-order valence-corrected chi connectivity index (χ4v) is 4.15. The lowest BCUT2D eigenvalue weighted by Gasteiger charge is -2.24. The van der Waals surface area contributed by atoms with Crippen LogP contribution in [0.15, 0.2) is 36.5 Å². The van der Waals surface area contributed by atoms with Gasteiger partial charge in [-0.25, -0.2) is 4.98 Å². The maximum absolute atomic E-state index is 12.1. The number of hydrogen-bond acceptors (Lipinski definition) is 4. The average molecular weight is 415 g/mol. The van der Waals surface area contributed by atoms with Crippen LogP contribution in [0, 0.1) is 11.8 Å². The number of pyridine rings is 1. The van der Waals surface area contributed by atoms with Crippen LogP contribution >= 0.6 is 11.6 Å². The highest BCUT2D eigenvalue weighted by atomic mass is 35.5. The van der Waals surface area contributed by atoms with Gasteiger partial charge in [0.15, 0.2) is 0 Å². The van der Waals surface area contributed by atoms with Crippen molar-refractivity contribution in [2.24, 2.45) is 11.8 Å². The zero-order chi connectivity index (χ0) is 20.4. The van der Waals surface area contributed by atoms with Gasteiger partial charge in [0.1, 0.15) is 5.75 Å². The minimum Gasteiger partial charge on any atom is -0.481 e. The number of carboxylic acids is 1. The van der Waals surface area contributed by atoms with Crippen LogP contribution in [0.5, 0.6) is 11.6 Å². The molecule has 152 valence electrons. The Labute approximate surface area is 174 Å². The molecule has 0 spiro atoms. The number of amides is 1. The van der Waals surface area contributed by atoms with Crippen molar-refractivity contribution >= 4 is 29.2 Å². The molecule has 4 rings (SSSR count). The number of nitrogens with one attached hydrogen (secondary N) is 1. The van der Waals surface area contributed by atoms with Crippen molar-refractivity contribution < 1.29 is 19.4 Å². The Balaban J connectivity index is 1.43. The molecule has 2 N–H and O–H groups in total. The van der Waals surface area contributed by atoms with Crippen molar-refractivity contribution in [3.63, 3.8) is 0 Å². The molecule has 0 bridgehead atoms. The minimum absolute atomic E-state index is 0.287. The molecule has 1 amide bonds. The van der Waals surface area contributed by atoms with Crippen LogP contribution in [0.4, 0.5) is 5.69 Å². The lowest BCUT2D eigenvalue weighted by Crippen LogP contribution is -2.16. The number of ether oxygens (including phenoxy) is 1. The fourth-order valence-electron chi connectivity index (χ4n) is 3.96. The van der Waals surface area contributed by atoms with Crippen LogP contribution in [0.2, 0.25) is 5.02 Å². The molecule has 7 heteroatoms. The topological polar surface area (TPSA) is 88.5 Å². The second-order valence-corrected chi connectivity index (χ2v) is 8.22. The van der Waals surface area contributed by atoms with Crippen molar-refractivity contribution in [2.45, 2.75) is 44.4 Å². The number of carbonyl (C=O) groups excluding carboxylic acids is 1. The average Bonchev–Trinajstić information content (AvgIpc) is 3.53. The van der Waals surface area contributed by atoms with Gasteiger partial charge in [0.25, 0.3) is 0 Å². The molecule has 2 saturated carbocycles. The number of rotatable bonds is 6. The smallest absolute Gasteiger partial charge is 0.307 e. The number of nitrogens with zero attached hydrogens (tertiary/aromatic N) is 1.